The number of nitrogens with one attached hydrogen (secondary N) is 1. The zero-order chi connectivity index (χ0) is 13.3. The normalized spacial score (nSPS) is 10.4. The predicted octanol–water partition coefficient (Wildman–Crippen LogP) is 5.32. The Hall–Kier alpha value is -0.430. The number of hydrogen-bond donors (Lipinski definition) is 1. The molecule has 2 nitrogen and oxygen atoms in total. The van der Waals surface area contributed by atoms with Crippen LogP contribution in [-0.4, -0.2) is 5.91 Å². The first kappa shape index (κ1) is 14.0. The molecular weight excluding hydrogens is 408 g/mol. The van der Waals surface area contributed by atoms with Gasteiger partial charge in [0.25, 0.3) is 5.91 Å². The average Bonchev–Trinajstić information content (AvgIpc) is 2.65. The molecule has 1 amide bonds. The van der Waals surface area contributed by atoms with Gasteiger partial charge in [-0.2, -0.15) is 0 Å². The van der Waals surface area contributed by atoms with Crippen LogP contribution in [0.2, 0.25) is 5.02 Å². The fourth-order valence-corrected chi connectivity index (χ4v) is 3.34. The molecular formula is C11H5Br2ClFNOS. The molecule has 0 aliphatic rings. The van der Waals surface area contributed by atoms with Gasteiger partial charge in [0.1, 0.15) is 5.82 Å². The molecule has 0 spiro atoms. The maximum absolute atomic E-state index is 13.0. The van der Waals surface area contributed by atoms with Crippen molar-refractivity contribution in [1.29, 1.82) is 0 Å². The molecule has 0 unspecified atom stereocenters. The molecule has 0 fully saturated rings. The maximum Gasteiger partial charge on any atom is 0.265 e. The van der Waals surface area contributed by atoms with Gasteiger partial charge in [0.05, 0.1) is 13.7 Å². The molecule has 94 valence electrons. The van der Waals surface area contributed by atoms with Crippen molar-refractivity contribution in [3.63, 3.8) is 0 Å². The number of amides is 1. The topological polar surface area (TPSA) is 29.1 Å². The summed E-state index contributed by atoms with van der Waals surface area (Å²) in [6.45, 7) is 0. The number of rotatable bonds is 2. The number of halogens is 4. The Balaban J connectivity index is 2.18. The third kappa shape index (κ3) is 3.12. The Bertz CT molecular complexity index is 598. The summed E-state index contributed by atoms with van der Waals surface area (Å²) < 4.78 is 14.6. The Morgan fingerprint density at radius 3 is 2.61 bits per heavy atom. The van der Waals surface area contributed by atoms with Gasteiger partial charge in [-0.1, -0.05) is 11.6 Å². The number of benzene rings is 1. The highest BCUT2D eigenvalue weighted by Crippen LogP contribution is 2.32. The van der Waals surface area contributed by atoms with Crippen LogP contribution >= 0.6 is 54.8 Å². The lowest BCUT2D eigenvalue weighted by molar-refractivity contribution is 0.103. The monoisotopic (exact) mass is 411 g/mol. The van der Waals surface area contributed by atoms with E-state index in [1.807, 2.05) is 0 Å². The lowest BCUT2D eigenvalue weighted by atomic mass is 10.3. The Morgan fingerprint density at radius 2 is 2.06 bits per heavy atom. The van der Waals surface area contributed by atoms with E-state index in [0.29, 0.717) is 10.6 Å². The lowest BCUT2D eigenvalue weighted by Gasteiger charge is -2.04. The van der Waals surface area contributed by atoms with Crippen LogP contribution in [0.4, 0.5) is 10.1 Å². The van der Waals surface area contributed by atoms with Crippen LogP contribution in [0.3, 0.4) is 0 Å². The molecule has 18 heavy (non-hydrogen) atoms. The molecule has 1 aromatic carbocycles. The van der Waals surface area contributed by atoms with Gasteiger partial charge in [-0.15, -0.1) is 11.3 Å². The molecule has 2 aromatic rings. The highest BCUT2D eigenvalue weighted by Gasteiger charge is 2.12. The second-order valence-corrected chi connectivity index (χ2v) is 6.95. The van der Waals surface area contributed by atoms with Crippen molar-refractivity contribution < 1.29 is 9.18 Å². The summed E-state index contributed by atoms with van der Waals surface area (Å²) in [5, 5.41) is 2.62. The zero-order valence-corrected chi connectivity index (χ0v) is 13.4. The lowest BCUT2D eigenvalue weighted by Crippen LogP contribution is -2.10. The number of thiophene rings is 1. The molecule has 0 atom stereocenters. The summed E-state index contributed by atoms with van der Waals surface area (Å²) in [5.74, 6) is -0.787. The quantitative estimate of drug-likeness (QED) is 0.710. The summed E-state index contributed by atoms with van der Waals surface area (Å²) in [4.78, 5) is 12.4. The van der Waals surface area contributed by atoms with E-state index < -0.39 is 5.82 Å². The molecule has 0 aliphatic carbocycles. The molecule has 1 aromatic heterocycles. The second kappa shape index (κ2) is 5.69. The van der Waals surface area contributed by atoms with Crippen molar-refractivity contribution in [2.75, 3.05) is 5.32 Å². The van der Waals surface area contributed by atoms with Crippen molar-refractivity contribution in [1.82, 2.24) is 0 Å². The van der Waals surface area contributed by atoms with Gasteiger partial charge >= 0.3 is 0 Å². The van der Waals surface area contributed by atoms with Crippen molar-refractivity contribution in [2.45, 2.75) is 0 Å². The van der Waals surface area contributed by atoms with E-state index in [1.54, 1.807) is 6.07 Å². The molecule has 7 heteroatoms. The van der Waals surface area contributed by atoms with Crippen LogP contribution < -0.4 is 5.32 Å². The number of carbonyl (C=O) groups is 1. The number of carbonyl (C=O) groups excluding carboxylic acids is 1. The van der Waals surface area contributed by atoms with E-state index in [-0.39, 0.29) is 10.9 Å². The molecule has 2 rings (SSSR count). The van der Waals surface area contributed by atoms with Crippen LogP contribution in [0.1, 0.15) is 9.67 Å². The molecule has 0 radical (unpaired) electrons. The summed E-state index contributed by atoms with van der Waals surface area (Å²) in [5.41, 5.74) is 0.451. The van der Waals surface area contributed by atoms with Gasteiger partial charge in [0.15, 0.2) is 0 Å². The smallest absolute Gasteiger partial charge is 0.265 e. The third-order valence-electron chi connectivity index (χ3n) is 2.05. The summed E-state index contributed by atoms with van der Waals surface area (Å²) in [6, 6.07) is 5.73. The summed E-state index contributed by atoms with van der Waals surface area (Å²) in [7, 11) is 0. The molecule has 1 heterocycles. The van der Waals surface area contributed by atoms with Crippen LogP contribution in [0, 0.1) is 5.82 Å². The Kier molecular flexibility index (Phi) is 4.42. The molecule has 0 saturated carbocycles. The molecule has 0 saturated heterocycles. The minimum Gasteiger partial charge on any atom is -0.321 e. The maximum atomic E-state index is 13.0. The minimum atomic E-state index is -0.517. The molecule has 0 bridgehead atoms. The van der Waals surface area contributed by atoms with Gasteiger partial charge in [-0.3, -0.25) is 4.79 Å². The van der Waals surface area contributed by atoms with Crippen molar-refractivity contribution >= 4 is 66.4 Å². The largest absolute Gasteiger partial charge is 0.321 e. The fourth-order valence-electron chi connectivity index (χ4n) is 1.23. The first-order valence-corrected chi connectivity index (χ1v) is 7.46. The second-order valence-electron chi connectivity index (χ2n) is 3.32. The van der Waals surface area contributed by atoms with Crippen LogP contribution in [0.5, 0.6) is 0 Å². The van der Waals surface area contributed by atoms with Gasteiger partial charge in [-0.05, 0) is 56.1 Å². The van der Waals surface area contributed by atoms with Gasteiger partial charge in [-0.25, -0.2) is 4.39 Å². The average molecular weight is 413 g/mol. The van der Waals surface area contributed by atoms with Gasteiger partial charge in [0, 0.05) is 10.2 Å². The summed E-state index contributed by atoms with van der Waals surface area (Å²) >= 11 is 13.5. The highest BCUT2D eigenvalue weighted by atomic mass is 79.9. The standard InChI is InChI=1S/C11H5Br2ClFNOS/c12-6-4-9(18-10(6)13)11(17)16-5-1-2-8(15)7(14)3-5/h1-4H,(H,16,17). The number of anilines is 1. The predicted molar refractivity (Wildman–Crippen MR) is 79.1 cm³/mol. The van der Waals surface area contributed by atoms with E-state index in [4.69, 9.17) is 11.6 Å². The van der Waals surface area contributed by atoms with Crippen molar-refractivity contribution in [3.05, 3.63) is 48.2 Å². The first-order valence-electron chi connectivity index (χ1n) is 4.68. The van der Waals surface area contributed by atoms with Crippen LogP contribution in [0.15, 0.2) is 32.5 Å². The summed E-state index contributed by atoms with van der Waals surface area (Å²) in [6.07, 6.45) is 0. The highest BCUT2D eigenvalue weighted by molar-refractivity contribution is 9.13. The first-order chi connectivity index (χ1) is 8.47. The number of hydrogen-bond acceptors (Lipinski definition) is 2. The van der Waals surface area contributed by atoms with Crippen LogP contribution in [-0.2, 0) is 0 Å². The van der Waals surface area contributed by atoms with Gasteiger partial charge < -0.3 is 5.32 Å². The van der Waals surface area contributed by atoms with E-state index in [0.717, 1.165) is 8.26 Å². The van der Waals surface area contributed by atoms with E-state index >= 15 is 0 Å². The molecule has 1 N–H and O–H groups in total. The SMILES string of the molecule is O=C(Nc1ccc(F)c(Cl)c1)c1cc(Br)c(Br)s1. The molecule has 0 aliphatic heterocycles. The van der Waals surface area contributed by atoms with E-state index in [9.17, 15) is 9.18 Å². The van der Waals surface area contributed by atoms with E-state index in [2.05, 4.69) is 37.2 Å². The van der Waals surface area contributed by atoms with Crippen molar-refractivity contribution in [2.24, 2.45) is 0 Å². The van der Waals surface area contributed by atoms with Crippen LogP contribution in [0.25, 0.3) is 0 Å². The Labute approximate surface area is 128 Å². The Morgan fingerprint density at radius 1 is 1.33 bits per heavy atom. The zero-order valence-electron chi connectivity index (χ0n) is 8.64. The fraction of sp³-hybridized carbons (Fsp3) is 0. The third-order valence-corrected chi connectivity index (χ3v) is 5.59. The van der Waals surface area contributed by atoms with E-state index in [1.165, 1.54) is 29.5 Å². The minimum absolute atomic E-state index is 0.0265. The van der Waals surface area contributed by atoms with Gasteiger partial charge in [0.2, 0.25) is 0 Å². The van der Waals surface area contributed by atoms with Crippen molar-refractivity contribution in [3.8, 4) is 0 Å².